The Morgan fingerprint density at radius 2 is 1.73 bits per heavy atom. The number of carbonyl (C=O) groups is 1. The number of hydrogen-bond donors (Lipinski definition) is 1. The average Bonchev–Trinajstić information content (AvgIpc) is 2.67. The molecule has 2 rings (SSSR count). The number of benzene rings is 1. The highest BCUT2D eigenvalue weighted by Crippen LogP contribution is 2.40. The van der Waals surface area contributed by atoms with Crippen LogP contribution in [0.3, 0.4) is 0 Å². The molecule has 0 aliphatic carbocycles. The lowest BCUT2D eigenvalue weighted by Crippen LogP contribution is -2.53. The molecule has 7 nitrogen and oxygen atoms in total. The van der Waals surface area contributed by atoms with Crippen molar-refractivity contribution in [2.45, 2.75) is 26.4 Å². The predicted octanol–water partition coefficient (Wildman–Crippen LogP) is 1.35. The lowest BCUT2D eigenvalue weighted by molar-refractivity contribution is -0.126. The third-order valence-corrected chi connectivity index (χ3v) is 4.86. The van der Waals surface area contributed by atoms with E-state index in [1.54, 1.807) is 21.3 Å². The fourth-order valence-electron chi connectivity index (χ4n) is 3.33. The van der Waals surface area contributed by atoms with E-state index < -0.39 is 0 Å². The fourth-order valence-corrected chi connectivity index (χ4v) is 3.33. The number of methoxy groups -OCH3 is 3. The summed E-state index contributed by atoms with van der Waals surface area (Å²) in [5.74, 6) is 2.09. The summed E-state index contributed by atoms with van der Waals surface area (Å²) in [6.45, 7) is 8.90. The molecule has 0 spiro atoms. The molecule has 0 aromatic heterocycles. The predicted molar refractivity (Wildman–Crippen MR) is 101 cm³/mol. The molecule has 1 aliphatic heterocycles. The average molecular weight is 365 g/mol. The number of nitrogens with zero attached hydrogens (tertiary/aromatic N) is 2. The van der Waals surface area contributed by atoms with E-state index >= 15 is 0 Å². The van der Waals surface area contributed by atoms with Crippen LogP contribution in [0.4, 0.5) is 0 Å². The number of ether oxygens (including phenoxy) is 3. The molecule has 1 fully saturated rings. The first-order valence-electron chi connectivity index (χ1n) is 9.07. The summed E-state index contributed by atoms with van der Waals surface area (Å²) in [6.07, 6.45) is 0. The van der Waals surface area contributed by atoms with Crippen molar-refractivity contribution in [3.05, 3.63) is 17.7 Å². The number of piperazine rings is 1. The van der Waals surface area contributed by atoms with Crippen LogP contribution in [0.1, 0.15) is 19.4 Å². The molecular weight excluding hydrogens is 334 g/mol. The van der Waals surface area contributed by atoms with Gasteiger partial charge in [-0.1, -0.05) is 6.07 Å². The maximum absolute atomic E-state index is 12.0. The van der Waals surface area contributed by atoms with Gasteiger partial charge in [0.2, 0.25) is 11.7 Å². The van der Waals surface area contributed by atoms with Gasteiger partial charge in [0.05, 0.1) is 27.4 Å². The summed E-state index contributed by atoms with van der Waals surface area (Å²) in [6, 6.07) is 3.83. The molecule has 0 radical (unpaired) electrons. The molecule has 7 heteroatoms. The van der Waals surface area contributed by atoms with Crippen LogP contribution in [-0.4, -0.2) is 75.8 Å². The Morgan fingerprint density at radius 1 is 1.08 bits per heavy atom. The molecule has 1 aliphatic rings. The zero-order chi connectivity index (χ0) is 19.1. The highest BCUT2D eigenvalue weighted by Gasteiger charge is 2.26. The van der Waals surface area contributed by atoms with Gasteiger partial charge in [-0.2, -0.15) is 0 Å². The highest BCUT2D eigenvalue weighted by atomic mass is 16.5. The van der Waals surface area contributed by atoms with Crippen molar-refractivity contribution in [3.8, 4) is 17.2 Å². The van der Waals surface area contributed by atoms with Crippen LogP contribution in [0, 0.1) is 0 Å². The van der Waals surface area contributed by atoms with Crippen molar-refractivity contribution in [1.29, 1.82) is 0 Å². The molecule has 0 saturated carbocycles. The third kappa shape index (κ3) is 4.59. The first-order valence-corrected chi connectivity index (χ1v) is 9.07. The summed E-state index contributed by atoms with van der Waals surface area (Å²) >= 11 is 0. The largest absolute Gasteiger partial charge is 0.493 e. The summed E-state index contributed by atoms with van der Waals surface area (Å²) in [7, 11) is 4.88. The number of likely N-dealkylation sites (N-methyl/N-ethyl adjacent to an activating group) is 1. The van der Waals surface area contributed by atoms with Gasteiger partial charge in [0.25, 0.3) is 0 Å². The minimum atomic E-state index is -0.0901. The maximum atomic E-state index is 12.0. The van der Waals surface area contributed by atoms with Gasteiger partial charge >= 0.3 is 0 Å². The molecule has 1 aromatic rings. The van der Waals surface area contributed by atoms with E-state index in [1.807, 2.05) is 26.0 Å². The Hall–Kier alpha value is -1.99. The maximum Gasteiger partial charge on any atom is 0.237 e. The van der Waals surface area contributed by atoms with E-state index in [0.717, 1.165) is 38.3 Å². The zero-order valence-electron chi connectivity index (χ0n) is 16.5. The van der Waals surface area contributed by atoms with Gasteiger partial charge in [-0.25, -0.2) is 0 Å². The van der Waals surface area contributed by atoms with E-state index in [0.29, 0.717) is 23.8 Å². The van der Waals surface area contributed by atoms with E-state index in [4.69, 9.17) is 14.2 Å². The van der Waals surface area contributed by atoms with Crippen LogP contribution in [0.5, 0.6) is 17.2 Å². The number of amides is 1. The Kier molecular flexibility index (Phi) is 7.53. The number of nitrogens with one attached hydrogen (secondary N) is 1. The van der Waals surface area contributed by atoms with Gasteiger partial charge in [0.1, 0.15) is 0 Å². The van der Waals surface area contributed by atoms with E-state index in [1.165, 1.54) is 0 Å². The van der Waals surface area contributed by atoms with Crippen molar-refractivity contribution in [3.63, 3.8) is 0 Å². The minimum Gasteiger partial charge on any atom is -0.493 e. The van der Waals surface area contributed by atoms with Gasteiger partial charge in [-0.05, 0) is 19.9 Å². The van der Waals surface area contributed by atoms with Crippen molar-refractivity contribution in [2.75, 3.05) is 54.1 Å². The smallest absolute Gasteiger partial charge is 0.237 e. The zero-order valence-corrected chi connectivity index (χ0v) is 16.5. The normalized spacial score (nSPS) is 16.8. The fraction of sp³-hybridized carbons (Fsp3) is 0.632. The van der Waals surface area contributed by atoms with Gasteiger partial charge < -0.3 is 19.5 Å². The molecule has 0 unspecified atom stereocenters. The molecular formula is C19H31N3O4. The molecule has 1 atom stereocenters. The Balaban J connectivity index is 2.00. The molecule has 1 amide bonds. The molecule has 26 heavy (non-hydrogen) atoms. The van der Waals surface area contributed by atoms with Crippen molar-refractivity contribution in [2.24, 2.45) is 0 Å². The summed E-state index contributed by atoms with van der Waals surface area (Å²) < 4.78 is 16.4. The second kappa shape index (κ2) is 9.64. The first kappa shape index (κ1) is 20.3. The monoisotopic (exact) mass is 365 g/mol. The van der Waals surface area contributed by atoms with Crippen LogP contribution in [0.25, 0.3) is 0 Å². The second-order valence-corrected chi connectivity index (χ2v) is 6.38. The molecule has 1 heterocycles. The lowest BCUT2D eigenvalue weighted by atomic mass is 10.1. The van der Waals surface area contributed by atoms with Crippen molar-refractivity contribution >= 4 is 5.91 Å². The van der Waals surface area contributed by atoms with Gasteiger partial charge in [0.15, 0.2) is 11.5 Å². The standard InChI is InChI=1S/C19H31N3O4/c1-6-20-19(23)14(2)22-11-9-21(10-12-22)13-15-7-8-16(24-3)18(26-5)17(15)25-4/h7-8,14H,6,9-13H2,1-5H3,(H,20,23)/t14-/m0/s1. The molecule has 0 bridgehead atoms. The summed E-state index contributed by atoms with van der Waals surface area (Å²) in [5, 5.41) is 2.90. The van der Waals surface area contributed by atoms with Crippen LogP contribution >= 0.6 is 0 Å². The third-order valence-electron chi connectivity index (χ3n) is 4.86. The van der Waals surface area contributed by atoms with E-state index in [2.05, 4.69) is 15.1 Å². The topological polar surface area (TPSA) is 63.3 Å². The first-order chi connectivity index (χ1) is 12.5. The number of carbonyl (C=O) groups excluding carboxylic acids is 1. The summed E-state index contributed by atoms with van der Waals surface area (Å²) in [5.41, 5.74) is 1.07. The number of rotatable bonds is 8. The van der Waals surface area contributed by atoms with Crippen LogP contribution < -0.4 is 19.5 Å². The SMILES string of the molecule is CCNC(=O)[C@H](C)N1CCN(Cc2ccc(OC)c(OC)c2OC)CC1. The molecule has 146 valence electrons. The highest BCUT2D eigenvalue weighted by molar-refractivity contribution is 5.81. The summed E-state index contributed by atoms with van der Waals surface area (Å²) in [4.78, 5) is 16.6. The van der Waals surface area contributed by atoms with Crippen LogP contribution in [0.15, 0.2) is 12.1 Å². The lowest BCUT2D eigenvalue weighted by Gasteiger charge is -2.37. The number of hydrogen-bond acceptors (Lipinski definition) is 6. The van der Waals surface area contributed by atoms with Crippen LogP contribution in [-0.2, 0) is 11.3 Å². The van der Waals surface area contributed by atoms with E-state index in [-0.39, 0.29) is 11.9 Å². The molecule has 1 saturated heterocycles. The quantitative estimate of drug-likeness (QED) is 0.750. The second-order valence-electron chi connectivity index (χ2n) is 6.38. The minimum absolute atomic E-state index is 0.0901. The Labute approximate surface area is 156 Å². The Bertz CT molecular complexity index is 601. The molecule has 1 N–H and O–H groups in total. The molecule has 1 aromatic carbocycles. The van der Waals surface area contributed by atoms with Gasteiger partial charge in [0, 0.05) is 44.8 Å². The van der Waals surface area contributed by atoms with Crippen molar-refractivity contribution in [1.82, 2.24) is 15.1 Å². The van der Waals surface area contributed by atoms with Crippen LogP contribution in [0.2, 0.25) is 0 Å². The van der Waals surface area contributed by atoms with Gasteiger partial charge in [-0.3, -0.25) is 14.6 Å². The Morgan fingerprint density at radius 3 is 2.27 bits per heavy atom. The van der Waals surface area contributed by atoms with E-state index in [9.17, 15) is 4.79 Å². The van der Waals surface area contributed by atoms with Crippen molar-refractivity contribution < 1.29 is 19.0 Å². The van der Waals surface area contributed by atoms with Gasteiger partial charge in [-0.15, -0.1) is 0 Å².